The summed E-state index contributed by atoms with van der Waals surface area (Å²) in [4.78, 5) is 56.5. The molecule has 3 saturated heterocycles. The number of amides is 4. The van der Waals surface area contributed by atoms with Gasteiger partial charge in [0.1, 0.15) is 18.2 Å². The zero-order valence-corrected chi connectivity index (χ0v) is 32.1. The van der Waals surface area contributed by atoms with Gasteiger partial charge in [-0.2, -0.15) is 23.7 Å². The van der Waals surface area contributed by atoms with Gasteiger partial charge in [0.05, 0.1) is 41.1 Å². The van der Waals surface area contributed by atoms with Gasteiger partial charge in [-0.3, -0.25) is 39.2 Å². The molecule has 3 fully saturated rings. The van der Waals surface area contributed by atoms with Crippen LogP contribution < -0.4 is 30.5 Å². The summed E-state index contributed by atoms with van der Waals surface area (Å²) in [5.74, 6) is -2.54. The van der Waals surface area contributed by atoms with Gasteiger partial charge in [-0.25, -0.2) is 4.39 Å². The Bertz CT molecular complexity index is 2250. The molecule has 58 heavy (non-hydrogen) atoms. The van der Waals surface area contributed by atoms with Crippen LogP contribution in [0.4, 0.5) is 40.3 Å². The molecule has 3 N–H and O–H groups in total. The highest BCUT2D eigenvalue weighted by Gasteiger charge is 2.51. The lowest BCUT2D eigenvalue weighted by atomic mass is 10.0. The minimum atomic E-state index is -4.85. The first-order chi connectivity index (χ1) is 27.5. The molecule has 0 aliphatic carbocycles. The third kappa shape index (κ3) is 9.02. The van der Waals surface area contributed by atoms with Gasteiger partial charge in [-0.15, -0.1) is 0 Å². The number of piperazine rings is 1. The van der Waals surface area contributed by atoms with E-state index in [9.17, 15) is 42.9 Å². The summed E-state index contributed by atoms with van der Waals surface area (Å²) >= 11 is 5.54. The molecular formula is C39H37F4N9O5S. The van der Waals surface area contributed by atoms with Gasteiger partial charge in [-0.1, -0.05) is 0 Å². The fourth-order valence-corrected chi connectivity index (χ4v) is 7.47. The maximum absolute atomic E-state index is 15.4. The van der Waals surface area contributed by atoms with E-state index in [1.54, 1.807) is 12.1 Å². The third-order valence-corrected chi connectivity index (χ3v) is 10.3. The van der Waals surface area contributed by atoms with Crippen LogP contribution in [0.1, 0.15) is 43.4 Å². The lowest BCUT2D eigenvalue weighted by molar-refractivity contribution is -0.138. The number of hydrogen-bond acceptors (Lipinski definition) is 11. The van der Waals surface area contributed by atoms with E-state index in [4.69, 9.17) is 17.0 Å². The summed E-state index contributed by atoms with van der Waals surface area (Å²) in [5.41, 5.74) is -2.11. The molecule has 1 unspecified atom stereocenters. The van der Waals surface area contributed by atoms with Gasteiger partial charge < -0.3 is 20.3 Å². The highest BCUT2D eigenvalue weighted by Crippen LogP contribution is 2.40. The van der Waals surface area contributed by atoms with Crippen molar-refractivity contribution in [2.45, 2.75) is 44.4 Å². The first-order valence-electron chi connectivity index (χ1n) is 18.1. The van der Waals surface area contributed by atoms with Crippen molar-refractivity contribution in [1.82, 2.24) is 15.1 Å². The molecule has 0 radical (unpaired) electrons. The quantitative estimate of drug-likeness (QED) is 0.142. The van der Waals surface area contributed by atoms with Gasteiger partial charge in [0.2, 0.25) is 17.7 Å². The number of nitrogens with zero attached hydrogens (tertiary/aromatic N) is 6. The molecule has 3 aliphatic rings. The number of hydrogen-bond donors (Lipinski definition) is 3. The Morgan fingerprint density at radius 3 is 2.31 bits per heavy atom. The van der Waals surface area contributed by atoms with Crippen LogP contribution in [0.25, 0.3) is 0 Å². The Kier molecular flexibility index (Phi) is 12.0. The molecule has 0 aromatic heterocycles. The Balaban J connectivity index is 0.990. The fraction of sp³-hybridized carbons (Fsp3) is 0.359. The average Bonchev–Trinajstić information content (AvgIpc) is 3.35. The minimum absolute atomic E-state index is 0.0528. The number of nitrogens with one attached hydrogen (secondary N) is 3. The number of anilines is 4. The van der Waals surface area contributed by atoms with Crippen molar-refractivity contribution in [3.05, 3.63) is 77.1 Å². The maximum Gasteiger partial charge on any atom is 0.417 e. The number of nitriles is 2. The molecule has 0 spiro atoms. The zero-order chi connectivity index (χ0) is 41.9. The Morgan fingerprint density at radius 2 is 1.66 bits per heavy atom. The second kappa shape index (κ2) is 16.8. The van der Waals surface area contributed by atoms with Crippen LogP contribution in [-0.2, 0) is 25.4 Å². The Morgan fingerprint density at radius 1 is 0.966 bits per heavy atom. The van der Waals surface area contributed by atoms with Crippen LogP contribution >= 0.6 is 12.2 Å². The van der Waals surface area contributed by atoms with E-state index in [1.807, 2.05) is 11.0 Å². The largest absolute Gasteiger partial charge is 0.489 e. The highest BCUT2D eigenvalue weighted by atomic mass is 32.1. The van der Waals surface area contributed by atoms with Crippen LogP contribution in [0.2, 0.25) is 0 Å². The molecule has 0 bridgehead atoms. The first kappa shape index (κ1) is 41.5. The molecule has 4 amide bonds. The fourth-order valence-electron chi connectivity index (χ4n) is 6.94. The van der Waals surface area contributed by atoms with E-state index in [0.29, 0.717) is 56.6 Å². The minimum Gasteiger partial charge on any atom is -0.489 e. The van der Waals surface area contributed by atoms with Gasteiger partial charge in [0.15, 0.2) is 16.7 Å². The van der Waals surface area contributed by atoms with Gasteiger partial charge >= 0.3 is 6.18 Å². The molecule has 0 saturated carbocycles. The number of alkyl halides is 3. The molecule has 19 heteroatoms. The Labute approximate surface area is 335 Å². The number of carbonyl (C=O) groups is 4. The van der Waals surface area contributed by atoms with Crippen LogP contribution in [-0.4, -0.2) is 96.0 Å². The molecule has 14 nitrogen and oxygen atoms in total. The monoisotopic (exact) mass is 819 g/mol. The first-order valence-corrected chi connectivity index (χ1v) is 18.5. The predicted octanol–water partition coefficient (Wildman–Crippen LogP) is 4.36. The SMILES string of the molecule is CC1(C)C(=O)N(c2ccc(C#N)c(C(F)(F)F)c2)C(=S)N1c1ccc(OCCN2CCN(CC(=O)Nc3cc(C#N)cc(NC4CCC(=O)NC4=O)c3)CC2)c(F)c1. The van der Waals surface area contributed by atoms with Crippen LogP contribution in [0.15, 0.2) is 54.6 Å². The summed E-state index contributed by atoms with van der Waals surface area (Å²) in [5, 5.41) is 26.6. The van der Waals surface area contributed by atoms with E-state index < -0.39 is 46.5 Å². The molecule has 302 valence electrons. The molecule has 1 atom stereocenters. The number of imide groups is 1. The molecule has 6 rings (SSSR count). The average molecular weight is 820 g/mol. The van der Waals surface area contributed by atoms with Crippen LogP contribution in [0.5, 0.6) is 5.75 Å². The predicted molar refractivity (Wildman–Crippen MR) is 207 cm³/mol. The molecule has 3 aromatic carbocycles. The van der Waals surface area contributed by atoms with Crippen molar-refractivity contribution in [1.29, 1.82) is 10.5 Å². The van der Waals surface area contributed by atoms with Crippen molar-refractivity contribution in [3.8, 4) is 17.9 Å². The normalized spacial score (nSPS) is 18.7. The summed E-state index contributed by atoms with van der Waals surface area (Å²) < 4.78 is 62.2. The number of carbonyl (C=O) groups excluding carboxylic acids is 4. The van der Waals surface area contributed by atoms with E-state index in [1.165, 1.54) is 49.1 Å². The third-order valence-electron chi connectivity index (χ3n) is 9.95. The number of thiocarbonyl (C=S) groups is 1. The van der Waals surface area contributed by atoms with Crippen molar-refractivity contribution in [3.63, 3.8) is 0 Å². The number of piperidine rings is 1. The highest BCUT2D eigenvalue weighted by molar-refractivity contribution is 7.81. The lowest BCUT2D eigenvalue weighted by Crippen LogP contribution is -2.49. The summed E-state index contributed by atoms with van der Waals surface area (Å²) in [6.45, 7) is 6.08. The number of benzene rings is 3. The van der Waals surface area contributed by atoms with Gasteiger partial charge in [0.25, 0.3) is 5.91 Å². The lowest BCUT2D eigenvalue weighted by Gasteiger charge is -2.34. The van der Waals surface area contributed by atoms with E-state index in [-0.39, 0.29) is 59.2 Å². The number of ether oxygens (including phenoxy) is 1. The van der Waals surface area contributed by atoms with E-state index in [2.05, 4.69) is 20.9 Å². The number of rotatable bonds is 11. The van der Waals surface area contributed by atoms with Gasteiger partial charge in [-0.05, 0) is 81.0 Å². The summed E-state index contributed by atoms with van der Waals surface area (Å²) in [6.07, 6.45) is -4.37. The van der Waals surface area contributed by atoms with Crippen LogP contribution in [0, 0.1) is 28.5 Å². The number of halogens is 4. The van der Waals surface area contributed by atoms with Crippen LogP contribution in [0.3, 0.4) is 0 Å². The second-order valence-corrected chi connectivity index (χ2v) is 14.7. The molecule has 3 aromatic rings. The summed E-state index contributed by atoms with van der Waals surface area (Å²) in [6, 6.07) is 14.5. The van der Waals surface area contributed by atoms with Crippen molar-refractivity contribution in [2.24, 2.45) is 0 Å². The van der Waals surface area contributed by atoms with Crippen molar-refractivity contribution < 1.29 is 41.5 Å². The van der Waals surface area contributed by atoms with Gasteiger partial charge in [0, 0.05) is 62.3 Å². The van der Waals surface area contributed by atoms with Crippen molar-refractivity contribution in [2.75, 3.05) is 66.3 Å². The molecule has 3 heterocycles. The Hall–Kier alpha value is -6.15. The zero-order valence-electron chi connectivity index (χ0n) is 31.3. The summed E-state index contributed by atoms with van der Waals surface area (Å²) in [7, 11) is 0. The van der Waals surface area contributed by atoms with E-state index >= 15 is 4.39 Å². The van der Waals surface area contributed by atoms with E-state index in [0.717, 1.165) is 17.0 Å². The molecule has 3 aliphatic heterocycles. The van der Waals surface area contributed by atoms with Crippen molar-refractivity contribution >= 4 is 63.7 Å². The second-order valence-electron chi connectivity index (χ2n) is 14.3. The molecular weight excluding hydrogens is 783 g/mol. The maximum atomic E-state index is 15.4. The topological polar surface area (TPSA) is 174 Å². The smallest absolute Gasteiger partial charge is 0.417 e. The standard InChI is InChI=1S/C39H37F4N9O5S/c1-38(2)36(56)51(27-4-3-24(21-45)29(18-27)39(41,42)43)37(58)52(38)28-5-7-32(30(40)19-28)57-14-13-49-9-11-50(12-10-49)22-34(54)47-26-16-23(20-44)15-25(17-26)46-31-6-8-33(53)48-35(31)55/h3-5,7,15-19,31,46H,6,8-14,22H2,1-2H3,(H,47,54)(H,48,53,55).